The number of benzene rings is 2. The average Bonchev–Trinajstić information content (AvgIpc) is 3.03. The maximum atomic E-state index is 14.0. The van der Waals surface area contributed by atoms with Crippen molar-refractivity contribution < 1.29 is 9.53 Å². The molecule has 0 saturated heterocycles. The van der Waals surface area contributed by atoms with E-state index in [1.54, 1.807) is 6.21 Å². The molecule has 1 amide bonds. The van der Waals surface area contributed by atoms with Crippen LogP contribution in [0.1, 0.15) is 45.6 Å². The van der Waals surface area contributed by atoms with E-state index in [4.69, 9.17) is 4.74 Å². The van der Waals surface area contributed by atoms with Crippen molar-refractivity contribution in [3.05, 3.63) is 83.7 Å². The summed E-state index contributed by atoms with van der Waals surface area (Å²) in [5.74, 6) is 0.975. The third-order valence-corrected chi connectivity index (χ3v) is 6.98. The molecule has 204 valence electrons. The Bertz CT molecular complexity index is 1130. The van der Waals surface area contributed by atoms with Gasteiger partial charge in [0.1, 0.15) is 12.4 Å². The quantitative estimate of drug-likeness (QED) is 0.299. The number of hydrogen-bond donors (Lipinski definition) is 0. The van der Waals surface area contributed by atoms with Crippen LogP contribution in [0.2, 0.25) is 0 Å². The molecule has 38 heavy (non-hydrogen) atoms. The average molecular weight is 517 g/mol. The minimum Gasteiger partial charge on any atom is -0.492 e. The molecule has 0 N–H and O–H groups in total. The summed E-state index contributed by atoms with van der Waals surface area (Å²) in [7, 11) is 4.16. The Morgan fingerprint density at radius 3 is 2.63 bits per heavy atom. The number of likely N-dealkylation sites (N-methyl/N-ethyl adjacent to an activating group) is 2. The molecule has 2 aromatic rings. The minimum absolute atomic E-state index is 0.0301. The molecule has 0 radical (unpaired) electrons. The first kappa shape index (κ1) is 29.2. The van der Waals surface area contributed by atoms with Crippen LogP contribution in [0.3, 0.4) is 0 Å². The first-order valence-electron chi connectivity index (χ1n) is 13.8. The van der Waals surface area contributed by atoms with Gasteiger partial charge in [0, 0.05) is 62.6 Å². The molecule has 0 aliphatic carbocycles. The van der Waals surface area contributed by atoms with Gasteiger partial charge in [0.05, 0.1) is 5.57 Å². The van der Waals surface area contributed by atoms with Gasteiger partial charge in [0.2, 0.25) is 0 Å². The van der Waals surface area contributed by atoms with Gasteiger partial charge in [0.25, 0.3) is 5.91 Å². The highest BCUT2D eigenvalue weighted by Gasteiger charge is 2.30. The fourth-order valence-electron chi connectivity index (χ4n) is 4.68. The minimum atomic E-state index is -0.0301. The van der Waals surface area contributed by atoms with Gasteiger partial charge in [-0.1, -0.05) is 70.2 Å². The van der Waals surface area contributed by atoms with Crippen LogP contribution >= 0.6 is 0 Å². The summed E-state index contributed by atoms with van der Waals surface area (Å²) in [6.45, 7) is 14.1. The Kier molecular flexibility index (Phi) is 11.2. The molecule has 6 nitrogen and oxygen atoms in total. The highest BCUT2D eigenvalue weighted by atomic mass is 16.5. The van der Waals surface area contributed by atoms with E-state index in [-0.39, 0.29) is 11.8 Å². The predicted octanol–water partition coefficient (Wildman–Crippen LogP) is 6.16. The van der Waals surface area contributed by atoms with Gasteiger partial charge in [-0.2, -0.15) is 0 Å². The zero-order valence-electron chi connectivity index (χ0n) is 23.8. The number of ether oxygens (including phenoxy) is 1. The summed E-state index contributed by atoms with van der Waals surface area (Å²) >= 11 is 0. The second kappa shape index (κ2) is 14.5. The Balaban J connectivity index is 1.76. The van der Waals surface area contributed by atoms with Crippen LogP contribution in [-0.2, 0) is 11.3 Å². The van der Waals surface area contributed by atoms with Crippen molar-refractivity contribution >= 4 is 17.8 Å². The van der Waals surface area contributed by atoms with Gasteiger partial charge in [-0.15, -0.1) is 0 Å². The van der Waals surface area contributed by atoms with Crippen molar-refractivity contribution in [2.45, 2.75) is 46.6 Å². The largest absolute Gasteiger partial charge is 0.492 e. The van der Waals surface area contributed by atoms with Gasteiger partial charge >= 0.3 is 0 Å². The van der Waals surface area contributed by atoms with Crippen LogP contribution in [0.25, 0.3) is 0 Å². The second-order valence-corrected chi connectivity index (χ2v) is 10.1. The van der Waals surface area contributed by atoms with Gasteiger partial charge in [-0.3, -0.25) is 14.7 Å². The van der Waals surface area contributed by atoms with E-state index in [0.717, 1.165) is 61.7 Å². The number of nitrogens with zero attached hydrogens (tertiary/aromatic N) is 4. The number of carbonyl (C=O) groups is 1. The zero-order chi connectivity index (χ0) is 27.5. The molecule has 0 fully saturated rings. The molecule has 2 aromatic carbocycles. The molecule has 1 unspecified atom stereocenters. The van der Waals surface area contributed by atoms with E-state index in [2.05, 4.69) is 80.5 Å². The Labute approximate surface area is 229 Å². The van der Waals surface area contributed by atoms with Crippen molar-refractivity contribution in [2.75, 3.05) is 45.2 Å². The number of carbonyl (C=O) groups excluding carboxylic acids is 1. The molecule has 6 heteroatoms. The lowest BCUT2D eigenvalue weighted by Gasteiger charge is -2.26. The van der Waals surface area contributed by atoms with Crippen molar-refractivity contribution in [3.8, 4) is 5.75 Å². The topological polar surface area (TPSA) is 48.4 Å². The third-order valence-electron chi connectivity index (χ3n) is 6.98. The maximum Gasteiger partial charge on any atom is 0.261 e. The summed E-state index contributed by atoms with van der Waals surface area (Å²) < 4.78 is 6.10. The number of amides is 1. The molecule has 1 atom stereocenters. The van der Waals surface area contributed by atoms with Crippen LogP contribution in [0.4, 0.5) is 5.69 Å². The molecule has 1 heterocycles. The van der Waals surface area contributed by atoms with E-state index in [1.807, 2.05) is 35.2 Å². The molecular formula is C32H44N4O2. The van der Waals surface area contributed by atoms with E-state index < -0.39 is 0 Å². The van der Waals surface area contributed by atoms with Crippen LogP contribution in [0.5, 0.6) is 5.75 Å². The van der Waals surface area contributed by atoms with Crippen molar-refractivity contribution in [2.24, 2.45) is 10.9 Å². The second-order valence-electron chi connectivity index (χ2n) is 10.1. The van der Waals surface area contributed by atoms with Crippen LogP contribution in [-0.4, -0.2) is 62.3 Å². The number of anilines is 1. The summed E-state index contributed by atoms with van der Waals surface area (Å²) in [5, 5.41) is 0. The van der Waals surface area contributed by atoms with E-state index in [0.29, 0.717) is 18.7 Å². The molecule has 0 aromatic heterocycles. The molecule has 3 rings (SSSR count). The smallest absolute Gasteiger partial charge is 0.261 e. The normalized spacial score (nSPS) is 15.4. The molecule has 0 bridgehead atoms. The van der Waals surface area contributed by atoms with Gasteiger partial charge in [0.15, 0.2) is 0 Å². The molecule has 0 saturated carbocycles. The third kappa shape index (κ3) is 8.06. The van der Waals surface area contributed by atoms with Crippen LogP contribution < -0.4 is 9.64 Å². The Hall–Kier alpha value is -3.38. The van der Waals surface area contributed by atoms with Crippen LogP contribution in [0.15, 0.2) is 83.1 Å². The molecule has 0 spiro atoms. The summed E-state index contributed by atoms with van der Waals surface area (Å²) in [4.78, 5) is 24.8. The fourth-order valence-corrected chi connectivity index (χ4v) is 4.68. The van der Waals surface area contributed by atoms with Gasteiger partial charge in [-0.05, 0) is 43.5 Å². The lowest BCUT2D eigenvalue weighted by molar-refractivity contribution is -0.114. The SMILES string of the molecule is C=C(CCC)/N=C\C1=C(C(C)CC)N(C)CCN(c2cccc(OCCN(C)Cc3ccccc3)c2)C1=O. The number of hydrogen-bond acceptors (Lipinski definition) is 5. The lowest BCUT2D eigenvalue weighted by Crippen LogP contribution is -2.34. The molecular weight excluding hydrogens is 472 g/mol. The first-order chi connectivity index (χ1) is 18.3. The first-order valence-corrected chi connectivity index (χ1v) is 13.8. The van der Waals surface area contributed by atoms with E-state index in [9.17, 15) is 4.79 Å². The highest BCUT2D eigenvalue weighted by Crippen LogP contribution is 2.29. The molecule has 1 aliphatic rings. The summed E-state index contributed by atoms with van der Waals surface area (Å²) in [6, 6.07) is 18.3. The van der Waals surface area contributed by atoms with Crippen molar-refractivity contribution in [3.63, 3.8) is 0 Å². The summed E-state index contributed by atoms with van der Waals surface area (Å²) in [6.07, 6.45) is 4.47. The molecule has 1 aliphatic heterocycles. The lowest BCUT2D eigenvalue weighted by atomic mass is 9.98. The standard InChI is InChI=1S/C32H44N4O2/c1-7-13-26(4)33-23-30-31(25(3)8-2)35(6)18-19-36(32(30)37)28-16-12-17-29(22-28)38-21-20-34(5)24-27-14-10-9-11-15-27/h9-12,14-17,22-23,25H,4,7-8,13,18-21,24H2,1-3,5-6H3/b33-23-. The zero-order valence-corrected chi connectivity index (χ0v) is 23.8. The Morgan fingerprint density at radius 1 is 1.16 bits per heavy atom. The van der Waals surface area contributed by atoms with Gasteiger partial charge in [-0.25, -0.2) is 0 Å². The number of aliphatic imine (C=N–C) groups is 1. The van der Waals surface area contributed by atoms with Crippen molar-refractivity contribution in [1.29, 1.82) is 0 Å². The van der Waals surface area contributed by atoms with E-state index >= 15 is 0 Å². The summed E-state index contributed by atoms with van der Waals surface area (Å²) in [5.41, 5.74) is 4.60. The van der Waals surface area contributed by atoms with Crippen molar-refractivity contribution in [1.82, 2.24) is 9.80 Å². The van der Waals surface area contributed by atoms with Crippen LogP contribution in [0, 0.1) is 5.92 Å². The number of rotatable bonds is 13. The monoisotopic (exact) mass is 516 g/mol. The fraction of sp³-hybridized carbons (Fsp3) is 0.438. The van der Waals surface area contributed by atoms with Gasteiger partial charge < -0.3 is 14.5 Å². The van der Waals surface area contributed by atoms with E-state index in [1.165, 1.54) is 5.56 Å². The number of allylic oxidation sites excluding steroid dienone is 2. The highest BCUT2D eigenvalue weighted by molar-refractivity contribution is 6.19. The maximum absolute atomic E-state index is 14.0. The Morgan fingerprint density at radius 2 is 1.92 bits per heavy atom. The predicted molar refractivity (Wildman–Crippen MR) is 159 cm³/mol.